The maximum atomic E-state index is 11.6. The van der Waals surface area contributed by atoms with Gasteiger partial charge in [-0.3, -0.25) is 14.9 Å². The van der Waals surface area contributed by atoms with Crippen molar-refractivity contribution < 1.29 is 19.9 Å². The molecule has 0 spiro atoms. The highest BCUT2D eigenvalue weighted by Crippen LogP contribution is 2.29. The number of nitrogens with one attached hydrogen (secondary N) is 1. The highest BCUT2D eigenvalue weighted by molar-refractivity contribution is 5.95. The molecule has 8 heteroatoms. The Bertz CT molecular complexity index is 486. The molecular weight excluding hydrogens is 266 g/mol. The zero-order chi connectivity index (χ0) is 15.1. The van der Waals surface area contributed by atoms with Crippen LogP contribution in [0.25, 0.3) is 0 Å². The Kier molecular flexibility index (Phi) is 5.88. The van der Waals surface area contributed by atoms with Crippen molar-refractivity contribution in [3.8, 4) is 0 Å². The number of carbonyl (C=O) groups excluding carboxylic acids is 1. The first-order valence-corrected chi connectivity index (χ1v) is 6.02. The summed E-state index contributed by atoms with van der Waals surface area (Å²) in [7, 11) is 1.46. The molecule has 0 heterocycles. The summed E-state index contributed by atoms with van der Waals surface area (Å²) in [6.45, 7) is -0.195. The van der Waals surface area contributed by atoms with Gasteiger partial charge < -0.3 is 20.4 Å². The third-order valence-corrected chi connectivity index (χ3v) is 2.74. The summed E-state index contributed by atoms with van der Waals surface area (Å²) in [5.41, 5.74) is 0.285. The number of carbonyl (C=O) groups is 1. The summed E-state index contributed by atoms with van der Waals surface area (Å²) >= 11 is 0. The van der Waals surface area contributed by atoms with Gasteiger partial charge in [-0.2, -0.15) is 0 Å². The van der Waals surface area contributed by atoms with Gasteiger partial charge in [0.25, 0.3) is 11.6 Å². The first kappa shape index (κ1) is 15.9. The van der Waals surface area contributed by atoms with Gasteiger partial charge in [0.15, 0.2) is 0 Å². The van der Waals surface area contributed by atoms with E-state index in [9.17, 15) is 14.9 Å². The van der Waals surface area contributed by atoms with E-state index in [0.29, 0.717) is 0 Å². The molecular formula is C12H17N3O5. The molecule has 0 fully saturated rings. The lowest BCUT2D eigenvalue weighted by Gasteiger charge is -2.23. The molecule has 0 saturated carbocycles. The van der Waals surface area contributed by atoms with Crippen LogP contribution in [-0.4, -0.2) is 54.4 Å². The predicted octanol–water partition coefficient (Wildman–Crippen LogP) is -0.255. The Morgan fingerprint density at radius 2 is 1.95 bits per heavy atom. The minimum Gasteiger partial charge on any atom is -0.395 e. The van der Waals surface area contributed by atoms with E-state index >= 15 is 0 Å². The molecule has 0 bridgehead atoms. The number of hydrogen-bond acceptors (Lipinski definition) is 6. The largest absolute Gasteiger partial charge is 0.395 e. The van der Waals surface area contributed by atoms with Crippen LogP contribution < -0.4 is 10.2 Å². The van der Waals surface area contributed by atoms with Gasteiger partial charge in [-0.1, -0.05) is 0 Å². The molecule has 8 nitrogen and oxygen atoms in total. The fourth-order valence-electron chi connectivity index (χ4n) is 1.81. The van der Waals surface area contributed by atoms with Crippen LogP contribution in [0.1, 0.15) is 10.4 Å². The normalized spacial score (nSPS) is 10.2. The highest BCUT2D eigenvalue weighted by Gasteiger charge is 2.21. The van der Waals surface area contributed by atoms with E-state index in [4.69, 9.17) is 10.2 Å². The number of nitro groups is 1. The van der Waals surface area contributed by atoms with Crippen molar-refractivity contribution in [2.75, 3.05) is 38.3 Å². The fraction of sp³-hybridized carbons (Fsp3) is 0.417. The average molecular weight is 283 g/mol. The van der Waals surface area contributed by atoms with Crippen LogP contribution in [-0.2, 0) is 0 Å². The SMILES string of the molecule is CNC(=O)c1ccc([N+](=O)[O-])c(N(CCO)CCO)c1. The maximum Gasteiger partial charge on any atom is 0.292 e. The van der Waals surface area contributed by atoms with Crippen molar-refractivity contribution in [2.45, 2.75) is 0 Å². The summed E-state index contributed by atoms with van der Waals surface area (Å²) in [5, 5.41) is 31.5. The minimum atomic E-state index is -0.565. The summed E-state index contributed by atoms with van der Waals surface area (Å²) in [5.74, 6) is -0.367. The van der Waals surface area contributed by atoms with Gasteiger partial charge in [-0.15, -0.1) is 0 Å². The molecule has 1 amide bonds. The Morgan fingerprint density at radius 3 is 2.40 bits per heavy atom. The monoisotopic (exact) mass is 283 g/mol. The minimum absolute atomic E-state index is 0.124. The van der Waals surface area contributed by atoms with Gasteiger partial charge in [0, 0.05) is 31.8 Å². The number of hydrogen-bond donors (Lipinski definition) is 3. The molecule has 0 atom stereocenters. The third-order valence-electron chi connectivity index (χ3n) is 2.74. The van der Waals surface area contributed by atoms with E-state index in [-0.39, 0.29) is 49.1 Å². The lowest BCUT2D eigenvalue weighted by atomic mass is 10.1. The molecule has 1 aromatic carbocycles. The number of aliphatic hydroxyl groups excluding tert-OH is 2. The summed E-state index contributed by atoms with van der Waals surface area (Å²) in [4.78, 5) is 23.5. The van der Waals surface area contributed by atoms with E-state index < -0.39 is 4.92 Å². The maximum absolute atomic E-state index is 11.6. The van der Waals surface area contributed by atoms with Gasteiger partial charge in [0.1, 0.15) is 5.69 Å². The van der Waals surface area contributed by atoms with Crippen LogP contribution in [0.2, 0.25) is 0 Å². The molecule has 20 heavy (non-hydrogen) atoms. The molecule has 0 saturated heterocycles. The quantitative estimate of drug-likeness (QED) is 0.469. The van der Waals surface area contributed by atoms with Crippen molar-refractivity contribution in [1.29, 1.82) is 0 Å². The lowest BCUT2D eigenvalue weighted by molar-refractivity contribution is -0.384. The van der Waals surface area contributed by atoms with Crippen molar-refractivity contribution in [3.05, 3.63) is 33.9 Å². The zero-order valence-electron chi connectivity index (χ0n) is 11.1. The van der Waals surface area contributed by atoms with E-state index in [2.05, 4.69) is 5.32 Å². The molecule has 3 N–H and O–H groups in total. The molecule has 1 aromatic rings. The molecule has 0 aromatic heterocycles. The fourth-order valence-corrected chi connectivity index (χ4v) is 1.81. The molecule has 0 aliphatic carbocycles. The van der Waals surface area contributed by atoms with Gasteiger partial charge >= 0.3 is 0 Å². The molecule has 0 aliphatic heterocycles. The number of aliphatic hydroxyl groups is 2. The van der Waals surface area contributed by atoms with Gasteiger partial charge in [0.2, 0.25) is 0 Å². The van der Waals surface area contributed by atoms with Crippen LogP contribution >= 0.6 is 0 Å². The molecule has 0 radical (unpaired) electrons. The molecule has 0 aliphatic rings. The number of amides is 1. The Labute approximate surface area is 115 Å². The Hall–Kier alpha value is -2.19. The summed E-state index contributed by atoms with van der Waals surface area (Å²) in [6.07, 6.45) is 0. The van der Waals surface area contributed by atoms with Crippen LogP contribution in [0.5, 0.6) is 0 Å². The van der Waals surface area contributed by atoms with Gasteiger partial charge in [-0.25, -0.2) is 0 Å². The first-order chi connectivity index (χ1) is 9.54. The van der Waals surface area contributed by atoms with E-state index in [1.807, 2.05) is 0 Å². The third kappa shape index (κ3) is 3.65. The van der Waals surface area contributed by atoms with Crippen LogP contribution in [0.15, 0.2) is 18.2 Å². The second kappa shape index (κ2) is 7.41. The molecule has 0 unspecified atom stereocenters. The lowest BCUT2D eigenvalue weighted by Crippen LogP contribution is -2.30. The van der Waals surface area contributed by atoms with Crippen molar-refractivity contribution in [1.82, 2.24) is 5.32 Å². The van der Waals surface area contributed by atoms with Crippen LogP contribution in [0.4, 0.5) is 11.4 Å². The number of rotatable bonds is 7. The summed E-state index contributed by atoms with van der Waals surface area (Å²) < 4.78 is 0. The van der Waals surface area contributed by atoms with E-state index in [0.717, 1.165) is 0 Å². The number of nitrogens with zero attached hydrogens (tertiary/aromatic N) is 2. The summed E-state index contributed by atoms with van der Waals surface area (Å²) in [6, 6.07) is 3.97. The van der Waals surface area contributed by atoms with Crippen LogP contribution in [0.3, 0.4) is 0 Å². The smallest absolute Gasteiger partial charge is 0.292 e. The average Bonchev–Trinajstić information content (AvgIpc) is 2.45. The van der Waals surface area contributed by atoms with Crippen molar-refractivity contribution in [2.24, 2.45) is 0 Å². The molecule has 110 valence electrons. The number of nitro benzene ring substituents is 1. The Morgan fingerprint density at radius 1 is 1.35 bits per heavy atom. The second-order valence-corrected chi connectivity index (χ2v) is 3.97. The van der Waals surface area contributed by atoms with Crippen LogP contribution in [0, 0.1) is 10.1 Å². The topological polar surface area (TPSA) is 116 Å². The highest BCUT2D eigenvalue weighted by atomic mass is 16.6. The molecule has 1 rings (SSSR count). The predicted molar refractivity (Wildman–Crippen MR) is 72.9 cm³/mol. The number of anilines is 1. The van der Waals surface area contributed by atoms with Crippen molar-refractivity contribution >= 4 is 17.3 Å². The standard InChI is InChI=1S/C12H17N3O5/c1-13-12(18)9-2-3-10(15(19)20)11(8-9)14(4-6-16)5-7-17/h2-3,8,16-17H,4-7H2,1H3,(H,13,18). The zero-order valence-corrected chi connectivity index (χ0v) is 11.1. The van der Waals surface area contributed by atoms with Gasteiger partial charge in [-0.05, 0) is 12.1 Å². The van der Waals surface area contributed by atoms with E-state index in [1.165, 1.54) is 30.1 Å². The Balaban J connectivity index is 3.28. The second-order valence-electron chi connectivity index (χ2n) is 3.97. The number of benzene rings is 1. The van der Waals surface area contributed by atoms with Gasteiger partial charge in [0.05, 0.1) is 18.1 Å². The van der Waals surface area contributed by atoms with E-state index in [1.54, 1.807) is 0 Å². The van der Waals surface area contributed by atoms with Crippen molar-refractivity contribution in [3.63, 3.8) is 0 Å². The first-order valence-electron chi connectivity index (χ1n) is 6.02.